The van der Waals surface area contributed by atoms with Gasteiger partial charge in [-0.1, -0.05) is 76.6 Å². The number of carbonyl (C=O) groups excluding carboxylic acids is 2. The molecule has 1 fully saturated rings. The summed E-state index contributed by atoms with van der Waals surface area (Å²) >= 11 is 0. The highest BCUT2D eigenvalue weighted by Gasteiger charge is 2.39. The number of amides is 1. The van der Waals surface area contributed by atoms with Gasteiger partial charge in [-0.2, -0.15) is 13.2 Å². The number of rotatable bonds is 2. The van der Waals surface area contributed by atoms with Crippen molar-refractivity contribution < 1.29 is 22.8 Å². The number of carbonyl (C=O) groups is 2. The normalized spacial score (nSPS) is 16.9. The Kier molecular flexibility index (Phi) is 12.6. The largest absolute Gasteiger partial charge is 0.416 e. The summed E-state index contributed by atoms with van der Waals surface area (Å²) < 4.78 is 35.4. The van der Waals surface area contributed by atoms with Crippen LogP contribution < -0.4 is 5.32 Å². The molecule has 1 atom stereocenters. The maximum Gasteiger partial charge on any atom is 0.416 e. The molecular weight excluding hydrogens is 415 g/mol. The Morgan fingerprint density at radius 3 is 1.97 bits per heavy atom. The molecule has 0 saturated carbocycles. The fraction of sp³-hybridized carbons (Fsp3) is 0.462. The van der Waals surface area contributed by atoms with E-state index in [0.717, 1.165) is 29.7 Å². The minimum Gasteiger partial charge on any atom is -0.355 e. The lowest BCUT2D eigenvalue weighted by Crippen LogP contribution is -2.32. The van der Waals surface area contributed by atoms with E-state index in [0.29, 0.717) is 12.1 Å². The Balaban J connectivity index is 0.000000545. The molecule has 3 nitrogen and oxygen atoms in total. The third-order valence-electron chi connectivity index (χ3n) is 4.77. The van der Waals surface area contributed by atoms with Gasteiger partial charge in [0.2, 0.25) is 5.91 Å². The van der Waals surface area contributed by atoms with Crippen LogP contribution in [0.3, 0.4) is 0 Å². The summed E-state index contributed by atoms with van der Waals surface area (Å²) in [6.45, 7) is 14.4. The predicted molar refractivity (Wildman–Crippen MR) is 125 cm³/mol. The maximum absolute atomic E-state index is 11.9. The van der Waals surface area contributed by atoms with Gasteiger partial charge in [-0.05, 0) is 44.4 Å². The first-order valence-corrected chi connectivity index (χ1v) is 11.0. The standard InChI is InChI=1S/C14H17NO2.C7H5F3.C3H8.C2H6/c1-9-4-5-11(8-12(9)10(2)16)14(3)6-7-15-13(14)17;8-7(9,10)6-4-2-1-3-5-6;1-3-2;1-2/h4-5,8H,6-7H2,1-3H3,(H,15,17);1-5H;3H2,1-2H3;1-2H3. The topological polar surface area (TPSA) is 46.2 Å². The van der Waals surface area contributed by atoms with Gasteiger partial charge < -0.3 is 5.32 Å². The molecule has 1 aliphatic rings. The second-order valence-electron chi connectivity index (χ2n) is 7.49. The average Bonchev–Trinajstić information content (AvgIpc) is 3.10. The molecule has 1 heterocycles. The minimum atomic E-state index is -4.21. The van der Waals surface area contributed by atoms with Crippen LogP contribution in [-0.2, 0) is 16.4 Å². The summed E-state index contributed by atoms with van der Waals surface area (Å²) in [5.74, 6) is 0.0993. The van der Waals surface area contributed by atoms with Gasteiger partial charge >= 0.3 is 6.18 Å². The Bertz CT molecular complexity index is 848. The summed E-state index contributed by atoms with van der Waals surface area (Å²) in [6.07, 6.45) is -2.17. The number of nitrogens with one attached hydrogen (secondary N) is 1. The highest BCUT2D eigenvalue weighted by atomic mass is 19.4. The second-order valence-corrected chi connectivity index (χ2v) is 7.49. The van der Waals surface area contributed by atoms with E-state index in [1.54, 1.807) is 13.0 Å². The minimum absolute atomic E-state index is 0.0476. The van der Waals surface area contributed by atoms with Crippen molar-refractivity contribution in [3.63, 3.8) is 0 Å². The van der Waals surface area contributed by atoms with Crippen molar-refractivity contribution >= 4 is 11.7 Å². The van der Waals surface area contributed by atoms with Gasteiger partial charge in [0.25, 0.3) is 0 Å². The molecule has 0 aliphatic carbocycles. The molecular formula is C26H36F3NO2. The first-order chi connectivity index (χ1) is 15.0. The van der Waals surface area contributed by atoms with Crippen LogP contribution in [0.25, 0.3) is 0 Å². The molecule has 178 valence electrons. The van der Waals surface area contributed by atoms with Crippen molar-refractivity contribution in [2.24, 2.45) is 0 Å². The van der Waals surface area contributed by atoms with Crippen molar-refractivity contribution in [3.8, 4) is 0 Å². The van der Waals surface area contributed by atoms with Gasteiger partial charge in [0.05, 0.1) is 11.0 Å². The first-order valence-electron chi connectivity index (χ1n) is 11.0. The Morgan fingerprint density at radius 2 is 1.59 bits per heavy atom. The van der Waals surface area contributed by atoms with E-state index in [2.05, 4.69) is 19.2 Å². The van der Waals surface area contributed by atoms with Crippen LogP contribution in [-0.4, -0.2) is 18.2 Å². The molecule has 1 saturated heterocycles. The number of aryl methyl sites for hydroxylation is 1. The molecule has 1 aliphatic heterocycles. The van der Waals surface area contributed by atoms with E-state index < -0.39 is 17.2 Å². The molecule has 3 rings (SSSR count). The Labute approximate surface area is 190 Å². The lowest BCUT2D eigenvalue weighted by Gasteiger charge is -2.22. The van der Waals surface area contributed by atoms with Crippen LogP contribution in [0.15, 0.2) is 48.5 Å². The summed E-state index contributed by atoms with van der Waals surface area (Å²) in [6, 6.07) is 12.1. The predicted octanol–water partition coefficient (Wildman–Crippen LogP) is 7.12. The van der Waals surface area contributed by atoms with E-state index in [1.807, 2.05) is 45.9 Å². The maximum atomic E-state index is 11.9. The summed E-state index contributed by atoms with van der Waals surface area (Å²) in [5, 5.41) is 2.85. The van der Waals surface area contributed by atoms with Crippen molar-refractivity contribution in [1.29, 1.82) is 0 Å². The van der Waals surface area contributed by atoms with Crippen molar-refractivity contribution in [1.82, 2.24) is 5.32 Å². The molecule has 6 heteroatoms. The molecule has 0 aromatic heterocycles. The van der Waals surface area contributed by atoms with Gasteiger partial charge in [-0.25, -0.2) is 0 Å². The van der Waals surface area contributed by atoms with E-state index >= 15 is 0 Å². The fourth-order valence-electron chi connectivity index (χ4n) is 2.98. The Hall–Kier alpha value is -2.63. The molecule has 32 heavy (non-hydrogen) atoms. The van der Waals surface area contributed by atoms with Crippen LogP contribution in [0.4, 0.5) is 13.2 Å². The van der Waals surface area contributed by atoms with Crippen molar-refractivity contribution in [3.05, 3.63) is 70.8 Å². The zero-order chi connectivity index (χ0) is 24.9. The van der Waals surface area contributed by atoms with Gasteiger partial charge in [0.15, 0.2) is 5.78 Å². The molecule has 2 aromatic rings. The molecule has 0 bridgehead atoms. The third kappa shape index (κ3) is 8.48. The molecule has 1 amide bonds. The number of hydrogen-bond donors (Lipinski definition) is 1. The Morgan fingerprint density at radius 1 is 1.06 bits per heavy atom. The number of alkyl halides is 3. The summed E-state index contributed by atoms with van der Waals surface area (Å²) in [5.41, 5.74) is 1.52. The quantitative estimate of drug-likeness (QED) is 0.494. The van der Waals surface area contributed by atoms with E-state index in [1.165, 1.54) is 18.6 Å². The lowest BCUT2D eigenvalue weighted by atomic mass is 9.80. The number of halogens is 3. The van der Waals surface area contributed by atoms with Gasteiger partial charge in [-0.15, -0.1) is 0 Å². The molecule has 1 N–H and O–H groups in total. The smallest absolute Gasteiger partial charge is 0.355 e. The van der Waals surface area contributed by atoms with Crippen molar-refractivity contribution in [2.75, 3.05) is 6.54 Å². The summed E-state index contributed by atoms with van der Waals surface area (Å²) in [4.78, 5) is 23.4. The SMILES string of the molecule is CC.CC(=O)c1cc(C2(C)CCNC2=O)ccc1C.CCC.FC(F)(F)c1ccccc1. The van der Waals surface area contributed by atoms with Gasteiger partial charge in [-0.3, -0.25) is 9.59 Å². The van der Waals surface area contributed by atoms with Crippen LogP contribution >= 0.6 is 0 Å². The summed E-state index contributed by atoms with van der Waals surface area (Å²) in [7, 11) is 0. The third-order valence-corrected chi connectivity index (χ3v) is 4.77. The highest BCUT2D eigenvalue weighted by Crippen LogP contribution is 2.32. The van der Waals surface area contributed by atoms with E-state index in [-0.39, 0.29) is 11.7 Å². The number of hydrogen-bond acceptors (Lipinski definition) is 2. The fourth-order valence-corrected chi connectivity index (χ4v) is 2.98. The van der Waals surface area contributed by atoms with Gasteiger partial charge in [0.1, 0.15) is 0 Å². The monoisotopic (exact) mass is 451 g/mol. The van der Waals surface area contributed by atoms with E-state index in [9.17, 15) is 22.8 Å². The van der Waals surface area contributed by atoms with Crippen LogP contribution in [0.2, 0.25) is 0 Å². The number of ketones is 1. The number of benzene rings is 2. The first kappa shape index (κ1) is 29.4. The average molecular weight is 452 g/mol. The molecule has 1 unspecified atom stereocenters. The molecule has 0 radical (unpaired) electrons. The second kappa shape index (κ2) is 13.7. The van der Waals surface area contributed by atoms with Crippen LogP contribution in [0.1, 0.15) is 81.4 Å². The van der Waals surface area contributed by atoms with Crippen molar-refractivity contribution in [2.45, 2.75) is 72.9 Å². The van der Waals surface area contributed by atoms with Crippen LogP contribution in [0.5, 0.6) is 0 Å². The lowest BCUT2D eigenvalue weighted by molar-refractivity contribution is -0.137. The van der Waals surface area contributed by atoms with Crippen LogP contribution in [0, 0.1) is 6.92 Å². The van der Waals surface area contributed by atoms with E-state index in [4.69, 9.17) is 0 Å². The zero-order valence-electron chi connectivity index (χ0n) is 20.2. The zero-order valence-corrected chi connectivity index (χ0v) is 20.2. The molecule has 2 aromatic carbocycles. The van der Waals surface area contributed by atoms with Gasteiger partial charge in [0, 0.05) is 12.1 Å². The highest BCUT2D eigenvalue weighted by molar-refractivity contribution is 5.96. The number of Topliss-reactive ketones (excluding diaryl/α,β-unsaturated/α-hetero) is 1. The molecule has 0 spiro atoms.